The summed E-state index contributed by atoms with van der Waals surface area (Å²) in [5, 5.41) is 32.6. The maximum atomic E-state index is 14.1. The number of para-hydroxylation sites is 2. The first kappa shape index (κ1) is 25.0. The summed E-state index contributed by atoms with van der Waals surface area (Å²) in [6.45, 7) is 2.07. The number of unbranched alkanes of at least 4 members (excludes halogenated alkanes) is 1. The van der Waals surface area contributed by atoms with E-state index in [2.05, 4.69) is 35.3 Å². The van der Waals surface area contributed by atoms with Crippen molar-refractivity contribution < 1.29 is 14.4 Å². The van der Waals surface area contributed by atoms with Gasteiger partial charge in [0.05, 0.1) is 12.1 Å². The summed E-state index contributed by atoms with van der Waals surface area (Å²) in [6.07, 6.45) is 6.50. The molecule has 3 N–H and O–H groups in total. The molecular weight excluding hydrogens is 494 g/mol. The lowest BCUT2D eigenvalue weighted by Gasteiger charge is -2.21. The third-order valence-electron chi connectivity index (χ3n) is 7.48. The average Bonchev–Trinajstić information content (AvgIpc) is 3.85. The maximum Gasteiger partial charge on any atom is 0.274 e. The minimum absolute atomic E-state index is 0.0350. The van der Waals surface area contributed by atoms with Gasteiger partial charge >= 0.3 is 0 Å². The van der Waals surface area contributed by atoms with Crippen LogP contribution in [-0.4, -0.2) is 31.6 Å². The highest BCUT2D eigenvalue weighted by Crippen LogP contribution is 2.48. The summed E-state index contributed by atoms with van der Waals surface area (Å²) in [5.74, 6) is -0.197. The second kappa shape index (κ2) is 10.1. The van der Waals surface area contributed by atoms with Crippen LogP contribution in [0.1, 0.15) is 85.5 Å². The van der Waals surface area contributed by atoms with Gasteiger partial charge in [-0.2, -0.15) is 4.98 Å². The molecule has 2 saturated carbocycles. The Balaban J connectivity index is 1.39. The smallest absolute Gasteiger partial charge is 0.274 e. The Labute approximate surface area is 225 Å². The van der Waals surface area contributed by atoms with Crippen LogP contribution in [0.25, 0.3) is 16.7 Å². The number of hydrogen-bond acceptors (Lipinski definition) is 8. The Bertz CT molecular complexity index is 1610. The van der Waals surface area contributed by atoms with Crippen LogP contribution >= 0.6 is 0 Å². The van der Waals surface area contributed by atoms with E-state index in [4.69, 9.17) is 20.1 Å². The van der Waals surface area contributed by atoms with Crippen molar-refractivity contribution in [3.05, 3.63) is 81.0 Å². The second-order valence-corrected chi connectivity index (χ2v) is 10.5. The van der Waals surface area contributed by atoms with Crippen LogP contribution in [0.2, 0.25) is 0 Å². The standard InChI is InChI=1S/C30H31N5O4/c1-2-3-11-25-33-29(36)26(28(32)38-24(31)16-22-21-7-4-5-10-23(21)39-34-22)30(37)35(25)27-19(17-12-13-17)8-6-9-20(27)18-14-15-18/h4-10,17-18,31-32,36H,2-3,11-16H2,1H3. The van der Waals surface area contributed by atoms with Gasteiger partial charge in [-0.25, -0.2) is 0 Å². The Hall–Kier alpha value is -4.27. The number of fused-ring (bicyclic) bond motifs is 1. The van der Waals surface area contributed by atoms with Gasteiger partial charge in [0.25, 0.3) is 5.56 Å². The number of rotatable bonds is 9. The number of hydrogen-bond donors (Lipinski definition) is 3. The summed E-state index contributed by atoms with van der Waals surface area (Å²) in [4.78, 5) is 18.6. The summed E-state index contributed by atoms with van der Waals surface area (Å²) in [6, 6.07) is 13.5. The van der Waals surface area contributed by atoms with Crippen molar-refractivity contribution in [1.82, 2.24) is 14.7 Å². The molecule has 9 nitrogen and oxygen atoms in total. The first-order chi connectivity index (χ1) is 19.0. The van der Waals surface area contributed by atoms with Crippen LogP contribution in [0.5, 0.6) is 5.88 Å². The van der Waals surface area contributed by atoms with Gasteiger partial charge < -0.3 is 14.4 Å². The molecule has 0 unspecified atom stereocenters. The molecule has 2 aliphatic carbocycles. The highest BCUT2D eigenvalue weighted by molar-refractivity contribution is 6.01. The van der Waals surface area contributed by atoms with Crippen LogP contribution in [-0.2, 0) is 17.6 Å². The summed E-state index contributed by atoms with van der Waals surface area (Å²) in [7, 11) is 0. The van der Waals surface area contributed by atoms with Crippen molar-refractivity contribution in [3.63, 3.8) is 0 Å². The fraction of sp³-hybridized carbons (Fsp3) is 0.367. The molecule has 6 rings (SSSR count). The van der Waals surface area contributed by atoms with E-state index >= 15 is 0 Å². The van der Waals surface area contributed by atoms with Crippen molar-refractivity contribution in [2.75, 3.05) is 0 Å². The zero-order valence-electron chi connectivity index (χ0n) is 21.9. The van der Waals surface area contributed by atoms with Gasteiger partial charge in [-0.05, 0) is 67.2 Å². The fourth-order valence-electron chi connectivity index (χ4n) is 5.20. The van der Waals surface area contributed by atoms with E-state index in [0.29, 0.717) is 35.4 Å². The molecule has 0 bridgehead atoms. The van der Waals surface area contributed by atoms with Crippen LogP contribution in [0.15, 0.2) is 51.8 Å². The Morgan fingerprint density at radius 1 is 1.08 bits per heavy atom. The van der Waals surface area contributed by atoms with Gasteiger partial charge in [0, 0.05) is 11.8 Å². The lowest BCUT2D eigenvalue weighted by Crippen LogP contribution is -2.32. The van der Waals surface area contributed by atoms with Crippen LogP contribution in [0.4, 0.5) is 0 Å². The largest absolute Gasteiger partial charge is 0.493 e. The predicted octanol–water partition coefficient (Wildman–Crippen LogP) is 5.74. The molecule has 0 radical (unpaired) electrons. The molecule has 200 valence electrons. The van der Waals surface area contributed by atoms with Gasteiger partial charge in [-0.1, -0.05) is 48.8 Å². The molecule has 0 spiro atoms. The van der Waals surface area contributed by atoms with Gasteiger partial charge in [0.15, 0.2) is 17.0 Å². The Kier molecular flexibility index (Phi) is 6.50. The van der Waals surface area contributed by atoms with Gasteiger partial charge in [0.2, 0.25) is 11.8 Å². The van der Waals surface area contributed by atoms with Crippen molar-refractivity contribution in [3.8, 4) is 11.6 Å². The van der Waals surface area contributed by atoms with Crippen LogP contribution in [0.3, 0.4) is 0 Å². The van der Waals surface area contributed by atoms with Crippen molar-refractivity contribution >= 4 is 22.8 Å². The number of nitrogens with one attached hydrogen (secondary N) is 2. The van der Waals surface area contributed by atoms with Gasteiger partial charge in [-0.3, -0.25) is 20.2 Å². The highest BCUT2D eigenvalue weighted by atomic mass is 16.5. The first-order valence-electron chi connectivity index (χ1n) is 13.6. The van der Waals surface area contributed by atoms with E-state index in [0.717, 1.165) is 60.7 Å². The normalized spacial score (nSPS) is 15.0. The van der Waals surface area contributed by atoms with E-state index in [9.17, 15) is 9.90 Å². The average molecular weight is 526 g/mol. The molecule has 0 atom stereocenters. The quantitative estimate of drug-likeness (QED) is 0.188. The number of aromatic hydroxyl groups is 1. The lowest BCUT2D eigenvalue weighted by molar-refractivity contribution is 0.434. The molecule has 4 aromatic rings. The third kappa shape index (κ3) is 4.84. The lowest BCUT2D eigenvalue weighted by atomic mass is 9.99. The molecule has 2 heterocycles. The molecule has 2 fully saturated rings. The zero-order valence-corrected chi connectivity index (χ0v) is 21.9. The Morgan fingerprint density at radius 3 is 2.44 bits per heavy atom. The molecule has 2 aliphatic rings. The highest BCUT2D eigenvalue weighted by Gasteiger charge is 2.35. The monoisotopic (exact) mass is 525 g/mol. The molecule has 2 aromatic heterocycles. The molecule has 2 aromatic carbocycles. The van der Waals surface area contributed by atoms with Crippen LogP contribution in [0, 0.1) is 10.8 Å². The van der Waals surface area contributed by atoms with E-state index < -0.39 is 17.3 Å². The number of aromatic nitrogens is 3. The van der Waals surface area contributed by atoms with Gasteiger partial charge in [-0.15, -0.1) is 0 Å². The fourth-order valence-corrected chi connectivity index (χ4v) is 5.20. The van der Waals surface area contributed by atoms with Gasteiger partial charge in [0.1, 0.15) is 11.5 Å². The van der Waals surface area contributed by atoms with E-state index in [1.165, 1.54) is 0 Å². The molecule has 0 amide bonds. The third-order valence-corrected chi connectivity index (χ3v) is 7.48. The van der Waals surface area contributed by atoms with E-state index in [1.54, 1.807) is 10.6 Å². The number of benzene rings is 2. The Morgan fingerprint density at radius 2 is 1.77 bits per heavy atom. The van der Waals surface area contributed by atoms with Crippen molar-refractivity contribution in [2.24, 2.45) is 0 Å². The van der Waals surface area contributed by atoms with Crippen molar-refractivity contribution in [1.29, 1.82) is 10.8 Å². The second-order valence-electron chi connectivity index (χ2n) is 10.5. The first-order valence-corrected chi connectivity index (χ1v) is 13.6. The minimum atomic E-state index is -0.615. The molecule has 9 heteroatoms. The molecule has 0 aliphatic heterocycles. The van der Waals surface area contributed by atoms with E-state index in [-0.39, 0.29) is 17.9 Å². The zero-order chi connectivity index (χ0) is 27.1. The predicted molar refractivity (Wildman–Crippen MR) is 147 cm³/mol. The summed E-state index contributed by atoms with van der Waals surface area (Å²) < 4.78 is 12.4. The van der Waals surface area contributed by atoms with Crippen LogP contribution < -0.4 is 5.56 Å². The number of aryl methyl sites for hydroxylation is 1. The molecule has 0 saturated heterocycles. The maximum absolute atomic E-state index is 14.1. The van der Waals surface area contributed by atoms with E-state index in [1.807, 2.05) is 18.2 Å². The molecule has 39 heavy (non-hydrogen) atoms. The minimum Gasteiger partial charge on any atom is -0.493 e. The SMILES string of the molecule is CCCCc1nc(O)c(C(=N)OC(=N)Cc2noc3ccccc23)c(=O)n1-c1c(C2CC2)cccc1C1CC1. The summed E-state index contributed by atoms with van der Waals surface area (Å²) >= 11 is 0. The summed E-state index contributed by atoms with van der Waals surface area (Å²) in [5.41, 5.74) is 3.27. The molecular formula is C30H31N5O4. The number of ether oxygens (including phenoxy) is 1. The topological polar surface area (TPSA) is 138 Å². The van der Waals surface area contributed by atoms with Crippen molar-refractivity contribution in [2.45, 2.75) is 70.1 Å². The number of nitrogens with zero attached hydrogens (tertiary/aromatic N) is 3.